The van der Waals surface area contributed by atoms with Crippen molar-refractivity contribution in [1.29, 1.82) is 0 Å². The Morgan fingerprint density at radius 1 is 1.14 bits per heavy atom. The molecule has 0 aliphatic carbocycles. The molecular weight excluding hydrogens is 525 g/mol. The fraction of sp³-hybridized carbons (Fsp3) is 0.240. The lowest BCUT2D eigenvalue weighted by Gasteiger charge is -2.28. The summed E-state index contributed by atoms with van der Waals surface area (Å²) in [5.41, 5.74) is 2.61. The van der Waals surface area contributed by atoms with E-state index in [1.165, 1.54) is 23.5 Å². The van der Waals surface area contributed by atoms with Gasteiger partial charge >= 0.3 is 12.1 Å². The number of hydrogen-bond donors (Lipinski definition) is 2. The minimum absolute atomic E-state index is 0.163. The maximum Gasteiger partial charge on any atom is 0.410 e. The summed E-state index contributed by atoms with van der Waals surface area (Å²) < 4.78 is 10.5. The number of nitrogens with one attached hydrogen (secondary N) is 2. The van der Waals surface area contributed by atoms with Crippen LogP contribution >= 0.6 is 34.5 Å². The Balaban J connectivity index is 1.29. The lowest BCUT2D eigenvalue weighted by molar-refractivity contribution is 0.0734. The van der Waals surface area contributed by atoms with Gasteiger partial charge in [-0.25, -0.2) is 9.59 Å². The molecule has 2 aliphatic rings. The van der Waals surface area contributed by atoms with E-state index in [1.807, 2.05) is 0 Å². The molecule has 2 aliphatic heterocycles. The Hall–Kier alpha value is -3.27. The molecule has 0 saturated carbocycles. The van der Waals surface area contributed by atoms with Crippen molar-refractivity contribution >= 4 is 57.5 Å². The van der Waals surface area contributed by atoms with Gasteiger partial charge in [-0.1, -0.05) is 35.3 Å². The zero-order chi connectivity index (χ0) is 25.4. The van der Waals surface area contributed by atoms with E-state index in [4.69, 9.17) is 32.7 Å². The number of carbonyl (C=O) groups is 3. The number of halogens is 2. The van der Waals surface area contributed by atoms with Gasteiger partial charge in [0.05, 0.1) is 29.3 Å². The molecule has 3 heterocycles. The number of amides is 2. The van der Waals surface area contributed by atoms with E-state index in [9.17, 15) is 14.4 Å². The maximum atomic E-state index is 13.0. The summed E-state index contributed by atoms with van der Waals surface area (Å²) >= 11 is 13.4. The van der Waals surface area contributed by atoms with Crippen LogP contribution in [0.4, 0.5) is 9.80 Å². The lowest BCUT2D eigenvalue weighted by atomic mass is 10.0. The van der Waals surface area contributed by atoms with Crippen LogP contribution in [0.1, 0.15) is 49.8 Å². The minimum atomic E-state index is -0.598. The first kappa shape index (κ1) is 24.4. The van der Waals surface area contributed by atoms with Crippen LogP contribution in [0.2, 0.25) is 10.0 Å². The number of nitrogens with zero attached hydrogens (tertiary/aromatic N) is 1. The number of fused-ring (bicyclic) bond motifs is 3. The van der Waals surface area contributed by atoms with Gasteiger partial charge in [0.15, 0.2) is 0 Å². The molecule has 186 valence electrons. The molecule has 2 aromatic carbocycles. The maximum absolute atomic E-state index is 13.0. The van der Waals surface area contributed by atoms with Gasteiger partial charge in [-0.05, 0) is 54.8 Å². The number of rotatable bonds is 4. The quantitative estimate of drug-likeness (QED) is 0.325. The smallest absolute Gasteiger partial charge is 0.410 e. The Morgan fingerprint density at radius 2 is 1.92 bits per heavy atom. The Bertz CT molecular complexity index is 1360. The number of thiophene rings is 1. The normalized spacial score (nSPS) is 16.4. The van der Waals surface area contributed by atoms with Gasteiger partial charge in [0.25, 0.3) is 5.91 Å². The second kappa shape index (κ2) is 10.0. The van der Waals surface area contributed by atoms with E-state index < -0.39 is 12.1 Å². The number of esters is 1. The predicted octanol–water partition coefficient (Wildman–Crippen LogP) is 5.64. The molecule has 3 aromatic rings. The second-order valence-electron chi connectivity index (χ2n) is 8.21. The summed E-state index contributed by atoms with van der Waals surface area (Å²) in [6, 6.07) is 11.4. The van der Waals surface area contributed by atoms with E-state index in [0.29, 0.717) is 42.5 Å². The molecule has 36 heavy (non-hydrogen) atoms. The van der Waals surface area contributed by atoms with Crippen molar-refractivity contribution in [1.82, 2.24) is 10.2 Å². The number of carbonyl (C=O) groups excluding carboxylic acids is 3. The van der Waals surface area contributed by atoms with Crippen LogP contribution in [-0.2, 0) is 17.7 Å². The third-order valence-corrected chi connectivity index (χ3v) is 7.63. The van der Waals surface area contributed by atoms with Gasteiger partial charge in [-0.3, -0.25) is 4.79 Å². The molecule has 0 saturated heterocycles. The van der Waals surface area contributed by atoms with E-state index in [-0.39, 0.29) is 22.6 Å². The molecular formula is C25H21Cl2N3O5S. The molecule has 0 unspecified atom stereocenters. The largest absolute Gasteiger partial charge is 0.450 e. The van der Waals surface area contributed by atoms with Gasteiger partial charge in [0.2, 0.25) is 0 Å². The topological polar surface area (TPSA) is 97.0 Å². The van der Waals surface area contributed by atoms with Crippen LogP contribution in [0.5, 0.6) is 5.75 Å². The standard InChI is InChI=1S/C25H21Cl2N3O5S/c1-2-34-25(33)30-10-9-17-19(12-30)36-23-20(17)22(31)28-21(29-23)13-3-6-15(7-4-13)35-24(32)16-8-5-14(26)11-18(16)27/h3-8,11,21,29H,2,9-10,12H2,1H3,(H,28,31)/t21-/m0/s1. The van der Waals surface area contributed by atoms with Crippen LogP contribution in [0.15, 0.2) is 42.5 Å². The highest BCUT2D eigenvalue weighted by Crippen LogP contribution is 2.41. The number of ether oxygens (including phenoxy) is 2. The summed E-state index contributed by atoms with van der Waals surface area (Å²) in [5, 5.41) is 7.78. The molecule has 0 radical (unpaired) electrons. The van der Waals surface area contributed by atoms with Crippen LogP contribution in [0.3, 0.4) is 0 Å². The summed E-state index contributed by atoms with van der Waals surface area (Å²) in [4.78, 5) is 40.2. The van der Waals surface area contributed by atoms with Crippen molar-refractivity contribution < 1.29 is 23.9 Å². The zero-order valence-electron chi connectivity index (χ0n) is 19.1. The van der Waals surface area contributed by atoms with Crippen LogP contribution in [0, 0.1) is 0 Å². The van der Waals surface area contributed by atoms with Crippen molar-refractivity contribution in [2.75, 3.05) is 18.5 Å². The van der Waals surface area contributed by atoms with E-state index in [2.05, 4.69) is 10.6 Å². The SMILES string of the molecule is CCOC(=O)N1CCc2c(sc3c2C(=O)N[C@H](c2ccc(OC(=O)c4ccc(Cl)cc4Cl)cc2)N3)C1. The van der Waals surface area contributed by atoms with Gasteiger partial charge in [0, 0.05) is 16.4 Å². The Morgan fingerprint density at radius 3 is 2.64 bits per heavy atom. The highest BCUT2D eigenvalue weighted by molar-refractivity contribution is 7.16. The Kier molecular flexibility index (Phi) is 6.79. The van der Waals surface area contributed by atoms with Crippen LogP contribution in [0.25, 0.3) is 0 Å². The Labute approximate surface area is 221 Å². The van der Waals surface area contributed by atoms with Gasteiger partial charge in [-0.15, -0.1) is 11.3 Å². The number of benzene rings is 2. The molecule has 0 bridgehead atoms. The van der Waals surface area contributed by atoms with Crippen molar-refractivity contribution in [2.45, 2.75) is 26.1 Å². The molecule has 1 aromatic heterocycles. The average molecular weight is 546 g/mol. The van der Waals surface area contributed by atoms with Crippen molar-refractivity contribution in [2.24, 2.45) is 0 Å². The fourth-order valence-corrected chi connectivity index (χ4v) is 5.97. The molecule has 11 heteroatoms. The van der Waals surface area contributed by atoms with Gasteiger partial charge < -0.3 is 25.0 Å². The van der Waals surface area contributed by atoms with E-state index in [0.717, 1.165) is 21.0 Å². The number of hydrogen-bond acceptors (Lipinski definition) is 7. The average Bonchev–Trinajstić information content (AvgIpc) is 3.22. The van der Waals surface area contributed by atoms with Crippen molar-refractivity contribution in [3.05, 3.63) is 79.6 Å². The third kappa shape index (κ3) is 4.74. The highest BCUT2D eigenvalue weighted by Gasteiger charge is 2.34. The highest BCUT2D eigenvalue weighted by atomic mass is 35.5. The van der Waals surface area contributed by atoms with Crippen LogP contribution in [-0.4, -0.2) is 36.0 Å². The minimum Gasteiger partial charge on any atom is -0.450 e. The molecule has 5 rings (SSSR count). The summed E-state index contributed by atoms with van der Waals surface area (Å²) in [7, 11) is 0. The lowest BCUT2D eigenvalue weighted by Crippen LogP contribution is -2.39. The first-order valence-corrected chi connectivity index (χ1v) is 12.8. The third-order valence-electron chi connectivity index (χ3n) is 5.94. The van der Waals surface area contributed by atoms with Gasteiger partial charge in [0.1, 0.15) is 16.9 Å². The molecule has 2 N–H and O–H groups in total. The molecule has 8 nitrogen and oxygen atoms in total. The number of anilines is 1. The first-order chi connectivity index (χ1) is 17.3. The second-order valence-corrected chi connectivity index (χ2v) is 10.2. The monoisotopic (exact) mass is 545 g/mol. The summed E-state index contributed by atoms with van der Waals surface area (Å²) in [5.74, 6) is -0.425. The first-order valence-electron chi connectivity index (χ1n) is 11.2. The summed E-state index contributed by atoms with van der Waals surface area (Å²) in [6.07, 6.45) is -0.206. The molecule has 0 spiro atoms. The van der Waals surface area contributed by atoms with Crippen LogP contribution < -0.4 is 15.4 Å². The van der Waals surface area contributed by atoms with Gasteiger partial charge in [-0.2, -0.15) is 0 Å². The zero-order valence-corrected chi connectivity index (χ0v) is 21.4. The molecule has 1 atom stereocenters. The van der Waals surface area contributed by atoms with E-state index >= 15 is 0 Å². The molecule has 2 amide bonds. The summed E-state index contributed by atoms with van der Waals surface area (Å²) in [6.45, 7) is 3.02. The fourth-order valence-electron chi connectivity index (χ4n) is 4.20. The molecule has 0 fully saturated rings. The van der Waals surface area contributed by atoms with Crippen molar-refractivity contribution in [3.63, 3.8) is 0 Å². The van der Waals surface area contributed by atoms with Crippen molar-refractivity contribution in [3.8, 4) is 5.75 Å². The van der Waals surface area contributed by atoms with E-state index in [1.54, 1.807) is 42.2 Å². The predicted molar refractivity (Wildman–Crippen MR) is 137 cm³/mol.